The molecule has 1 atom stereocenters. The molecule has 0 saturated carbocycles. The first-order valence-corrected chi connectivity index (χ1v) is 5.16. The molecule has 0 aliphatic rings. The predicted molar refractivity (Wildman–Crippen MR) is 61.0 cm³/mol. The Bertz CT molecular complexity index is 367. The van der Waals surface area contributed by atoms with Gasteiger partial charge in [-0.25, -0.2) is 0 Å². The first-order valence-electron chi connectivity index (χ1n) is 5.16. The molecule has 1 aromatic rings. The Kier molecular flexibility index (Phi) is 4.59. The van der Waals surface area contributed by atoms with Crippen molar-refractivity contribution in [2.75, 3.05) is 13.1 Å². The summed E-state index contributed by atoms with van der Waals surface area (Å²) in [5, 5.41) is 30.8. The molecular formula is C11H16N2O4. The van der Waals surface area contributed by atoms with Crippen LogP contribution >= 0.6 is 0 Å². The van der Waals surface area contributed by atoms with Crippen molar-refractivity contribution in [3.05, 3.63) is 35.9 Å². The van der Waals surface area contributed by atoms with Crippen molar-refractivity contribution in [3.63, 3.8) is 0 Å². The molecule has 0 heterocycles. The molecule has 17 heavy (non-hydrogen) atoms. The van der Waals surface area contributed by atoms with E-state index < -0.39 is 17.8 Å². The number of benzene rings is 1. The fraction of sp³-hybridized carbons (Fsp3) is 0.364. The van der Waals surface area contributed by atoms with Crippen molar-refractivity contribution in [1.29, 1.82) is 0 Å². The number of carbonyl (C=O) groups is 1. The van der Waals surface area contributed by atoms with Crippen LogP contribution in [0.3, 0.4) is 0 Å². The summed E-state index contributed by atoms with van der Waals surface area (Å²) in [6.45, 7) is 0.271. The lowest BCUT2D eigenvalue weighted by Crippen LogP contribution is -2.53. The third-order valence-electron chi connectivity index (χ3n) is 2.31. The number of aliphatic carboxylic acids is 1. The van der Waals surface area contributed by atoms with Crippen LogP contribution in [0.5, 0.6) is 0 Å². The molecule has 1 unspecified atom stereocenters. The third-order valence-corrected chi connectivity index (χ3v) is 2.31. The van der Waals surface area contributed by atoms with E-state index in [9.17, 15) is 15.0 Å². The minimum absolute atomic E-state index is 0.101. The Balaban J connectivity index is 2.97. The van der Waals surface area contributed by atoms with Crippen LogP contribution in [0.2, 0.25) is 0 Å². The lowest BCUT2D eigenvalue weighted by molar-refractivity contribution is -0.209. The molecule has 0 fully saturated rings. The highest BCUT2D eigenvalue weighted by atomic mass is 16.5. The van der Waals surface area contributed by atoms with Gasteiger partial charge in [0.1, 0.15) is 0 Å². The predicted octanol–water partition coefficient (Wildman–Crippen LogP) is -0.958. The number of carboxylic acid groups (broad SMARTS) is 1. The maximum absolute atomic E-state index is 11.1. The molecule has 0 aliphatic carbocycles. The van der Waals surface area contributed by atoms with Gasteiger partial charge in [-0.15, -0.1) is 0 Å². The van der Waals surface area contributed by atoms with Crippen molar-refractivity contribution < 1.29 is 20.1 Å². The Hall–Kier alpha value is -1.47. The van der Waals surface area contributed by atoms with Crippen molar-refractivity contribution in [3.8, 4) is 0 Å². The molecular weight excluding hydrogens is 224 g/mol. The molecule has 0 aliphatic heterocycles. The van der Waals surface area contributed by atoms with Crippen molar-refractivity contribution >= 4 is 5.97 Å². The van der Waals surface area contributed by atoms with Crippen molar-refractivity contribution in [1.82, 2.24) is 5.32 Å². The van der Waals surface area contributed by atoms with Gasteiger partial charge in [0.2, 0.25) is 5.91 Å². The van der Waals surface area contributed by atoms with E-state index in [2.05, 4.69) is 5.32 Å². The molecule has 6 N–H and O–H groups in total. The van der Waals surface area contributed by atoms with E-state index in [4.69, 9.17) is 10.8 Å². The van der Waals surface area contributed by atoms with E-state index in [1.54, 1.807) is 18.2 Å². The van der Waals surface area contributed by atoms with Crippen LogP contribution in [0.25, 0.3) is 0 Å². The Morgan fingerprint density at radius 2 is 1.94 bits per heavy atom. The van der Waals surface area contributed by atoms with Crippen LogP contribution < -0.4 is 11.1 Å². The number of hydrogen-bond donors (Lipinski definition) is 5. The third kappa shape index (κ3) is 3.50. The maximum Gasteiger partial charge on any atom is 0.318 e. The summed E-state index contributed by atoms with van der Waals surface area (Å²) >= 11 is 0. The topological polar surface area (TPSA) is 116 Å². The summed E-state index contributed by atoms with van der Waals surface area (Å²) in [5.74, 6) is -5.34. The highest BCUT2D eigenvalue weighted by molar-refractivity contribution is 5.77. The molecule has 94 valence electrons. The molecule has 0 amide bonds. The van der Waals surface area contributed by atoms with E-state index in [1.165, 1.54) is 12.1 Å². The van der Waals surface area contributed by atoms with Crippen LogP contribution in [0.4, 0.5) is 0 Å². The lowest BCUT2D eigenvalue weighted by Gasteiger charge is -2.29. The fourth-order valence-corrected chi connectivity index (χ4v) is 1.55. The van der Waals surface area contributed by atoms with Crippen LogP contribution in [0.15, 0.2) is 30.3 Å². The molecule has 0 radical (unpaired) electrons. The largest absolute Gasteiger partial charge is 0.481 e. The average molecular weight is 240 g/mol. The van der Waals surface area contributed by atoms with Gasteiger partial charge in [-0.2, -0.15) is 0 Å². The fourth-order valence-electron chi connectivity index (χ4n) is 1.55. The second-order valence-corrected chi connectivity index (χ2v) is 3.62. The minimum Gasteiger partial charge on any atom is -0.481 e. The van der Waals surface area contributed by atoms with Crippen LogP contribution in [0, 0.1) is 0 Å². The highest BCUT2D eigenvalue weighted by Crippen LogP contribution is 2.24. The summed E-state index contributed by atoms with van der Waals surface area (Å²) in [7, 11) is 0. The molecule has 6 nitrogen and oxygen atoms in total. The normalized spacial score (nSPS) is 13.4. The Labute approximate surface area is 98.7 Å². The molecule has 1 rings (SSSR count). The van der Waals surface area contributed by atoms with E-state index >= 15 is 0 Å². The van der Waals surface area contributed by atoms with Crippen molar-refractivity contribution in [2.24, 2.45) is 5.73 Å². The summed E-state index contributed by atoms with van der Waals surface area (Å²) in [5.41, 5.74) is 5.52. The van der Waals surface area contributed by atoms with Crippen LogP contribution in [-0.2, 0) is 4.79 Å². The van der Waals surface area contributed by atoms with Gasteiger partial charge in [-0.1, -0.05) is 30.3 Å². The number of rotatable bonds is 6. The van der Waals surface area contributed by atoms with Gasteiger partial charge in [0.15, 0.2) is 5.92 Å². The van der Waals surface area contributed by atoms with E-state index in [1.807, 2.05) is 0 Å². The monoisotopic (exact) mass is 240 g/mol. The van der Waals surface area contributed by atoms with Gasteiger partial charge in [-0.05, 0) is 5.56 Å². The number of hydrogen-bond acceptors (Lipinski definition) is 5. The van der Waals surface area contributed by atoms with Gasteiger partial charge in [0.05, 0.1) is 0 Å². The molecule has 0 aromatic heterocycles. The zero-order chi connectivity index (χ0) is 12.9. The average Bonchev–Trinajstić information content (AvgIpc) is 2.27. The van der Waals surface area contributed by atoms with Gasteiger partial charge in [0, 0.05) is 13.1 Å². The quantitative estimate of drug-likeness (QED) is 0.409. The molecule has 1 aromatic carbocycles. The van der Waals surface area contributed by atoms with Gasteiger partial charge >= 0.3 is 5.97 Å². The second-order valence-electron chi connectivity index (χ2n) is 3.62. The zero-order valence-corrected chi connectivity index (χ0v) is 9.21. The van der Waals surface area contributed by atoms with E-state index in [0.29, 0.717) is 5.56 Å². The summed E-state index contributed by atoms with van der Waals surface area (Å²) in [4.78, 5) is 11.1. The number of aliphatic hydroxyl groups is 2. The second kappa shape index (κ2) is 5.74. The first-order chi connectivity index (χ1) is 7.99. The van der Waals surface area contributed by atoms with Gasteiger partial charge in [0.25, 0.3) is 0 Å². The summed E-state index contributed by atoms with van der Waals surface area (Å²) in [6, 6.07) is 8.01. The van der Waals surface area contributed by atoms with E-state index in [-0.39, 0.29) is 13.1 Å². The van der Waals surface area contributed by atoms with Crippen molar-refractivity contribution in [2.45, 2.75) is 11.8 Å². The molecule has 6 heteroatoms. The number of nitrogens with one attached hydrogen (secondary N) is 1. The SMILES string of the molecule is NCCNC(O)(O)C(C(=O)O)c1ccccc1. The number of carboxylic acids is 1. The molecule has 0 spiro atoms. The minimum atomic E-state index is -2.54. The standard InChI is InChI=1S/C11H16N2O4/c12-6-7-13-11(16,17)9(10(14)15)8-4-2-1-3-5-8/h1-5,9,13,16-17H,6-7,12H2,(H,14,15). The first kappa shape index (κ1) is 13.6. The highest BCUT2D eigenvalue weighted by Gasteiger charge is 2.40. The smallest absolute Gasteiger partial charge is 0.318 e. The zero-order valence-electron chi connectivity index (χ0n) is 9.21. The molecule has 0 bridgehead atoms. The summed E-state index contributed by atoms with van der Waals surface area (Å²) < 4.78 is 0. The maximum atomic E-state index is 11.1. The molecule has 0 saturated heterocycles. The van der Waals surface area contributed by atoms with E-state index in [0.717, 1.165) is 0 Å². The van der Waals surface area contributed by atoms with Crippen LogP contribution in [-0.4, -0.2) is 40.3 Å². The Morgan fingerprint density at radius 3 is 2.41 bits per heavy atom. The summed E-state index contributed by atoms with van der Waals surface area (Å²) in [6.07, 6.45) is 0. The van der Waals surface area contributed by atoms with Gasteiger partial charge in [-0.3, -0.25) is 10.1 Å². The Morgan fingerprint density at radius 1 is 1.35 bits per heavy atom. The van der Waals surface area contributed by atoms with Crippen LogP contribution in [0.1, 0.15) is 11.5 Å². The lowest BCUT2D eigenvalue weighted by atomic mass is 9.95. The number of nitrogens with two attached hydrogens (primary N) is 1. The van der Waals surface area contributed by atoms with Gasteiger partial charge < -0.3 is 21.1 Å².